The highest BCUT2D eigenvalue weighted by Crippen LogP contribution is 2.18. The van der Waals surface area contributed by atoms with Gasteiger partial charge in [-0.2, -0.15) is 0 Å². The second-order valence-electron chi connectivity index (χ2n) is 4.98. The van der Waals surface area contributed by atoms with Crippen molar-refractivity contribution in [1.29, 1.82) is 0 Å². The molecule has 0 saturated carbocycles. The second-order valence-corrected chi connectivity index (χ2v) is 4.98. The van der Waals surface area contributed by atoms with E-state index in [-0.39, 0.29) is 18.9 Å². The summed E-state index contributed by atoms with van der Waals surface area (Å²) in [6, 6.07) is 12.5. The van der Waals surface area contributed by atoms with Gasteiger partial charge in [0.2, 0.25) is 0 Å². The number of aliphatic hydroxyl groups excluding tert-OH is 1. The number of hydrogen-bond acceptors (Lipinski definition) is 3. The lowest BCUT2D eigenvalue weighted by Crippen LogP contribution is -2.37. The molecule has 0 saturated heterocycles. The number of benzene rings is 2. The molecule has 0 aliphatic carbocycles. The van der Waals surface area contributed by atoms with Gasteiger partial charge in [0.25, 0.3) is 0 Å². The maximum atomic E-state index is 12.8. The molecule has 23 heavy (non-hydrogen) atoms. The van der Waals surface area contributed by atoms with Crippen LogP contribution >= 0.6 is 0 Å². The van der Waals surface area contributed by atoms with Crippen molar-refractivity contribution < 1.29 is 19.0 Å². The molecule has 2 aromatic rings. The lowest BCUT2D eigenvalue weighted by atomic mass is 10.1. The first-order valence-corrected chi connectivity index (χ1v) is 7.16. The average molecular weight is 318 g/mol. The predicted molar refractivity (Wildman–Crippen MR) is 84.6 cm³/mol. The second kappa shape index (κ2) is 8.14. The molecule has 0 spiro atoms. The summed E-state index contributed by atoms with van der Waals surface area (Å²) in [5, 5.41) is 15.3. The Morgan fingerprint density at radius 2 is 1.96 bits per heavy atom. The van der Waals surface area contributed by atoms with Crippen molar-refractivity contribution in [2.45, 2.75) is 12.6 Å². The highest BCUT2D eigenvalue weighted by Gasteiger charge is 2.10. The Morgan fingerprint density at radius 3 is 2.65 bits per heavy atom. The molecule has 1 unspecified atom stereocenters. The molecular formula is C17H19FN2O3. The fraction of sp³-hybridized carbons (Fsp3) is 0.235. The Labute approximate surface area is 134 Å². The molecule has 2 aromatic carbocycles. The van der Waals surface area contributed by atoms with E-state index in [9.17, 15) is 14.3 Å². The van der Waals surface area contributed by atoms with Crippen LogP contribution in [-0.2, 0) is 6.54 Å². The number of carbonyl (C=O) groups is 1. The lowest BCUT2D eigenvalue weighted by Gasteiger charge is -2.14. The smallest absolute Gasteiger partial charge is 0.315 e. The first-order chi connectivity index (χ1) is 11.1. The number of amides is 2. The molecule has 0 aliphatic heterocycles. The van der Waals surface area contributed by atoms with E-state index >= 15 is 0 Å². The van der Waals surface area contributed by atoms with Crippen LogP contribution in [0, 0.1) is 5.82 Å². The van der Waals surface area contributed by atoms with Gasteiger partial charge >= 0.3 is 6.03 Å². The van der Waals surface area contributed by atoms with Gasteiger partial charge in [0, 0.05) is 13.1 Å². The van der Waals surface area contributed by atoms with Gasteiger partial charge in [0.05, 0.1) is 13.2 Å². The van der Waals surface area contributed by atoms with E-state index in [1.165, 1.54) is 12.1 Å². The van der Waals surface area contributed by atoms with Gasteiger partial charge in [-0.1, -0.05) is 24.3 Å². The molecule has 2 amide bonds. The van der Waals surface area contributed by atoms with Gasteiger partial charge in [-0.15, -0.1) is 0 Å². The van der Waals surface area contributed by atoms with Crippen LogP contribution in [0.15, 0.2) is 48.5 Å². The van der Waals surface area contributed by atoms with Crippen molar-refractivity contribution >= 4 is 6.03 Å². The quantitative estimate of drug-likeness (QED) is 0.766. The Balaban J connectivity index is 1.78. The monoisotopic (exact) mass is 318 g/mol. The Bertz CT molecular complexity index is 647. The molecule has 122 valence electrons. The summed E-state index contributed by atoms with van der Waals surface area (Å²) in [4.78, 5) is 11.7. The van der Waals surface area contributed by atoms with Crippen molar-refractivity contribution in [3.8, 4) is 5.75 Å². The normalized spacial score (nSPS) is 11.6. The summed E-state index contributed by atoms with van der Waals surface area (Å²) < 4.78 is 17.9. The van der Waals surface area contributed by atoms with Gasteiger partial charge in [-0.3, -0.25) is 0 Å². The first kappa shape index (κ1) is 16.8. The molecule has 3 N–H and O–H groups in total. The van der Waals surface area contributed by atoms with E-state index in [1.807, 2.05) is 0 Å². The zero-order valence-electron chi connectivity index (χ0n) is 12.8. The van der Waals surface area contributed by atoms with Crippen LogP contribution in [0.3, 0.4) is 0 Å². The third-order valence-corrected chi connectivity index (χ3v) is 3.30. The summed E-state index contributed by atoms with van der Waals surface area (Å²) in [6.07, 6.45) is -0.832. The van der Waals surface area contributed by atoms with Crippen LogP contribution < -0.4 is 15.4 Å². The molecule has 2 rings (SSSR count). The average Bonchev–Trinajstić information content (AvgIpc) is 2.59. The van der Waals surface area contributed by atoms with E-state index in [2.05, 4.69) is 10.6 Å². The number of ether oxygens (including phenoxy) is 1. The van der Waals surface area contributed by atoms with E-state index in [0.29, 0.717) is 11.3 Å². The maximum Gasteiger partial charge on any atom is 0.315 e. The van der Waals surface area contributed by atoms with Gasteiger partial charge in [0.1, 0.15) is 11.6 Å². The number of carbonyl (C=O) groups excluding carboxylic acids is 1. The van der Waals surface area contributed by atoms with E-state index in [4.69, 9.17) is 4.74 Å². The number of urea groups is 1. The van der Waals surface area contributed by atoms with E-state index in [1.54, 1.807) is 43.5 Å². The minimum atomic E-state index is -0.832. The molecule has 0 aliphatic rings. The maximum absolute atomic E-state index is 12.8. The fourth-order valence-electron chi connectivity index (χ4n) is 2.00. The summed E-state index contributed by atoms with van der Waals surface area (Å²) in [5.74, 6) is 0.321. The Kier molecular flexibility index (Phi) is 5.94. The number of halogens is 1. The van der Waals surface area contributed by atoms with E-state index < -0.39 is 12.1 Å². The SMILES string of the molecule is COc1cccc(C(O)CNC(=O)NCc2ccc(F)cc2)c1. The fourth-order valence-corrected chi connectivity index (χ4v) is 2.00. The molecule has 6 heteroatoms. The first-order valence-electron chi connectivity index (χ1n) is 7.16. The van der Waals surface area contributed by atoms with Crippen molar-refractivity contribution in [3.63, 3.8) is 0 Å². The van der Waals surface area contributed by atoms with Crippen molar-refractivity contribution in [3.05, 3.63) is 65.5 Å². The van der Waals surface area contributed by atoms with E-state index in [0.717, 1.165) is 5.56 Å². The zero-order valence-corrected chi connectivity index (χ0v) is 12.8. The van der Waals surface area contributed by atoms with Crippen molar-refractivity contribution in [2.24, 2.45) is 0 Å². The van der Waals surface area contributed by atoms with Crippen LogP contribution in [0.1, 0.15) is 17.2 Å². The van der Waals surface area contributed by atoms with Gasteiger partial charge in [0.15, 0.2) is 0 Å². The lowest BCUT2D eigenvalue weighted by molar-refractivity contribution is 0.172. The molecule has 1 atom stereocenters. The number of rotatable bonds is 6. The predicted octanol–water partition coefficient (Wildman–Crippen LogP) is 2.37. The largest absolute Gasteiger partial charge is 0.497 e. The third-order valence-electron chi connectivity index (χ3n) is 3.30. The summed E-state index contributed by atoms with van der Waals surface area (Å²) in [5.41, 5.74) is 1.44. The number of aliphatic hydroxyl groups is 1. The number of nitrogens with one attached hydrogen (secondary N) is 2. The molecular weight excluding hydrogens is 299 g/mol. The molecule has 0 radical (unpaired) electrons. The van der Waals surface area contributed by atoms with Crippen LogP contribution in [0.25, 0.3) is 0 Å². The molecule has 0 bridgehead atoms. The molecule has 0 fully saturated rings. The number of methoxy groups -OCH3 is 1. The highest BCUT2D eigenvalue weighted by molar-refractivity contribution is 5.73. The topological polar surface area (TPSA) is 70.6 Å². The summed E-state index contributed by atoms with van der Waals surface area (Å²) >= 11 is 0. The zero-order chi connectivity index (χ0) is 16.7. The molecule has 5 nitrogen and oxygen atoms in total. The molecule has 0 heterocycles. The van der Waals surface area contributed by atoms with Crippen LogP contribution in [0.5, 0.6) is 5.75 Å². The standard InChI is InChI=1S/C17H19FN2O3/c1-23-15-4-2-3-13(9-15)16(21)11-20-17(22)19-10-12-5-7-14(18)8-6-12/h2-9,16,21H,10-11H2,1H3,(H2,19,20,22). The molecule has 0 aromatic heterocycles. The minimum Gasteiger partial charge on any atom is -0.497 e. The van der Waals surface area contributed by atoms with Crippen LogP contribution in [0.2, 0.25) is 0 Å². The number of hydrogen-bond donors (Lipinski definition) is 3. The van der Waals surface area contributed by atoms with Gasteiger partial charge in [-0.05, 0) is 35.4 Å². The van der Waals surface area contributed by atoms with Crippen LogP contribution in [-0.4, -0.2) is 24.8 Å². The Hall–Kier alpha value is -2.60. The van der Waals surface area contributed by atoms with Gasteiger partial charge in [-0.25, -0.2) is 9.18 Å². The third kappa shape index (κ3) is 5.27. The summed E-state index contributed by atoms with van der Waals surface area (Å²) in [6.45, 7) is 0.351. The van der Waals surface area contributed by atoms with Crippen molar-refractivity contribution in [2.75, 3.05) is 13.7 Å². The van der Waals surface area contributed by atoms with Gasteiger partial charge < -0.3 is 20.5 Å². The van der Waals surface area contributed by atoms with Crippen LogP contribution in [0.4, 0.5) is 9.18 Å². The van der Waals surface area contributed by atoms with Crippen molar-refractivity contribution in [1.82, 2.24) is 10.6 Å². The summed E-state index contributed by atoms with van der Waals surface area (Å²) in [7, 11) is 1.55. The Morgan fingerprint density at radius 1 is 1.22 bits per heavy atom. The highest BCUT2D eigenvalue weighted by atomic mass is 19.1. The minimum absolute atomic E-state index is 0.0718.